The van der Waals surface area contributed by atoms with Gasteiger partial charge in [0.15, 0.2) is 11.7 Å². The second kappa shape index (κ2) is 5.93. The van der Waals surface area contributed by atoms with E-state index in [2.05, 4.69) is 20.3 Å². The summed E-state index contributed by atoms with van der Waals surface area (Å²) in [5.74, 6) is 0.790. The van der Waals surface area contributed by atoms with Crippen LogP contribution >= 0.6 is 11.3 Å². The Morgan fingerprint density at radius 3 is 2.90 bits per heavy atom. The van der Waals surface area contributed by atoms with Gasteiger partial charge in [-0.05, 0) is 12.5 Å². The number of nitriles is 1. The Hall–Kier alpha value is -3.06. The normalized spacial score (nSPS) is 11.0. The number of guanidine groups is 2. The maximum Gasteiger partial charge on any atom is 0.212 e. The number of aromatic nitrogens is 1. The molecule has 9 nitrogen and oxygen atoms in total. The van der Waals surface area contributed by atoms with E-state index in [0.717, 1.165) is 5.56 Å². The third-order valence-electron chi connectivity index (χ3n) is 2.29. The van der Waals surface area contributed by atoms with E-state index in [4.69, 9.17) is 26.9 Å². The number of nitrogens with two attached hydrogens (primary N) is 3. The predicted octanol–water partition coefficient (Wildman–Crippen LogP) is 0.824. The van der Waals surface area contributed by atoms with Crippen LogP contribution in [0.15, 0.2) is 25.8 Å². The molecule has 21 heavy (non-hydrogen) atoms. The highest BCUT2D eigenvalue weighted by Crippen LogP contribution is 2.32. The zero-order valence-corrected chi connectivity index (χ0v) is 11.8. The van der Waals surface area contributed by atoms with Gasteiger partial charge >= 0.3 is 0 Å². The summed E-state index contributed by atoms with van der Waals surface area (Å²) in [5.41, 5.74) is 17.5. The van der Waals surface area contributed by atoms with Gasteiger partial charge in [-0.2, -0.15) is 10.3 Å². The molecule has 0 spiro atoms. The number of nitrogens with zero attached hydrogens (tertiary/aromatic N) is 4. The van der Waals surface area contributed by atoms with Gasteiger partial charge in [-0.15, -0.1) is 16.3 Å². The van der Waals surface area contributed by atoms with Crippen LogP contribution in [-0.2, 0) is 0 Å². The Morgan fingerprint density at radius 1 is 1.48 bits per heavy atom. The van der Waals surface area contributed by atoms with Crippen LogP contribution in [0, 0.1) is 18.4 Å². The molecule has 0 amide bonds. The molecule has 2 heterocycles. The molecule has 2 aromatic rings. The second-order valence-corrected chi connectivity index (χ2v) is 4.73. The molecule has 0 radical (unpaired) electrons. The molecule has 0 saturated carbocycles. The lowest BCUT2D eigenvalue weighted by Crippen LogP contribution is -2.21. The van der Waals surface area contributed by atoms with Crippen molar-refractivity contribution in [3.63, 3.8) is 0 Å². The van der Waals surface area contributed by atoms with Gasteiger partial charge in [-0.25, -0.2) is 4.98 Å². The largest absolute Gasteiger partial charge is 0.438 e. The van der Waals surface area contributed by atoms with Crippen LogP contribution in [-0.4, -0.2) is 16.9 Å². The summed E-state index contributed by atoms with van der Waals surface area (Å²) in [6, 6.07) is 1.72. The van der Waals surface area contributed by atoms with Crippen molar-refractivity contribution in [2.75, 3.05) is 5.32 Å². The van der Waals surface area contributed by atoms with Crippen molar-refractivity contribution in [2.24, 2.45) is 27.2 Å². The number of furan rings is 1. The molecule has 0 saturated heterocycles. The molecule has 2 aromatic heterocycles. The molecule has 0 fully saturated rings. The quantitative estimate of drug-likeness (QED) is 0.370. The summed E-state index contributed by atoms with van der Waals surface area (Å²) >= 11 is 1.28. The van der Waals surface area contributed by atoms with Crippen LogP contribution in [0.1, 0.15) is 5.56 Å². The van der Waals surface area contributed by atoms with Gasteiger partial charge in [0.1, 0.15) is 5.69 Å². The van der Waals surface area contributed by atoms with Crippen LogP contribution < -0.4 is 22.5 Å². The van der Waals surface area contributed by atoms with E-state index in [-0.39, 0.29) is 11.9 Å². The van der Waals surface area contributed by atoms with Crippen LogP contribution in [0.5, 0.6) is 0 Å². The Morgan fingerprint density at radius 2 is 2.24 bits per heavy atom. The molecule has 0 aliphatic rings. The van der Waals surface area contributed by atoms with Gasteiger partial charge in [-0.1, -0.05) is 0 Å². The molecular formula is C11H12N8OS. The fourth-order valence-electron chi connectivity index (χ4n) is 1.54. The van der Waals surface area contributed by atoms with Crippen molar-refractivity contribution >= 4 is 34.3 Å². The number of thiazole rings is 1. The van der Waals surface area contributed by atoms with Crippen LogP contribution in [0.4, 0.5) is 11.0 Å². The van der Waals surface area contributed by atoms with Crippen LogP contribution in [0.2, 0.25) is 0 Å². The number of anilines is 1. The first-order valence-electron chi connectivity index (χ1n) is 5.65. The topological polar surface area (TPSA) is 165 Å². The number of nitrogens with one attached hydrogen (secondary N) is 1. The minimum atomic E-state index is -0.0603. The van der Waals surface area contributed by atoms with E-state index in [1.54, 1.807) is 17.6 Å². The van der Waals surface area contributed by atoms with Crippen LogP contribution in [0.3, 0.4) is 0 Å². The molecule has 7 N–H and O–H groups in total. The lowest BCUT2D eigenvalue weighted by Gasteiger charge is -1.98. The van der Waals surface area contributed by atoms with Gasteiger partial charge in [0.25, 0.3) is 0 Å². The Labute approximate surface area is 123 Å². The lowest BCUT2D eigenvalue weighted by molar-refractivity contribution is 0.597. The Kier molecular flexibility index (Phi) is 4.05. The van der Waals surface area contributed by atoms with E-state index in [0.29, 0.717) is 22.5 Å². The summed E-state index contributed by atoms with van der Waals surface area (Å²) in [6.07, 6.45) is 1.57. The van der Waals surface area contributed by atoms with Crippen LogP contribution in [0.25, 0.3) is 11.5 Å². The highest BCUT2D eigenvalue weighted by molar-refractivity contribution is 7.13. The average molecular weight is 304 g/mol. The summed E-state index contributed by atoms with van der Waals surface area (Å²) in [5, 5.41) is 13.3. The highest BCUT2D eigenvalue weighted by Gasteiger charge is 2.14. The third kappa shape index (κ3) is 3.48. The Balaban J connectivity index is 2.27. The summed E-state index contributed by atoms with van der Waals surface area (Å²) < 4.78 is 5.59. The minimum Gasteiger partial charge on any atom is -0.438 e. The van der Waals surface area contributed by atoms with Crippen molar-refractivity contribution in [3.05, 3.63) is 17.0 Å². The number of rotatable bonds is 3. The maximum absolute atomic E-state index is 8.40. The molecular weight excluding hydrogens is 292 g/mol. The first-order valence-corrected chi connectivity index (χ1v) is 6.53. The first-order chi connectivity index (χ1) is 9.99. The SMILES string of the molecule is Cc1cc(NC(N)=NC#N)oc1-c1csc(N=C(N)N)n1. The summed E-state index contributed by atoms with van der Waals surface area (Å²) in [7, 11) is 0. The summed E-state index contributed by atoms with van der Waals surface area (Å²) in [4.78, 5) is 11.4. The monoisotopic (exact) mass is 304 g/mol. The van der Waals surface area contributed by atoms with Gasteiger partial charge < -0.3 is 21.6 Å². The van der Waals surface area contributed by atoms with E-state index < -0.39 is 0 Å². The first kappa shape index (κ1) is 14.4. The third-order valence-corrected chi connectivity index (χ3v) is 3.02. The fraction of sp³-hybridized carbons (Fsp3) is 0.0909. The molecule has 0 unspecified atom stereocenters. The average Bonchev–Trinajstić information content (AvgIpc) is 2.95. The van der Waals surface area contributed by atoms with Gasteiger partial charge in [0.2, 0.25) is 23.2 Å². The molecule has 0 aliphatic heterocycles. The maximum atomic E-state index is 8.40. The molecule has 0 aromatic carbocycles. The van der Waals surface area contributed by atoms with Crippen molar-refractivity contribution in [2.45, 2.75) is 6.92 Å². The van der Waals surface area contributed by atoms with E-state index in [1.807, 2.05) is 6.92 Å². The standard InChI is InChI=1S/C11H12N8OS/c1-5-2-7(18-10(15)16-4-12)20-8(5)6-3-21-11(17-6)19-9(13)14/h2-3H,1H3,(H3,15,16,18)(H4,13,14,17,19). The zero-order valence-electron chi connectivity index (χ0n) is 11.0. The number of hydrogen-bond acceptors (Lipinski definition) is 6. The van der Waals surface area contributed by atoms with Gasteiger partial charge in [-0.3, -0.25) is 5.32 Å². The van der Waals surface area contributed by atoms with E-state index in [1.165, 1.54) is 11.3 Å². The predicted molar refractivity (Wildman–Crippen MR) is 80.9 cm³/mol. The second-order valence-electron chi connectivity index (χ2n) is 3.90. The number of aryl methyl sites for hydroxylation is 1. The van der Waals surface area contributed by atoms with Crippen molar-refractivity contribution < 1.29 is 4.42 Å². The number of hydrogen-bond donors (Lipinski definition) is 4. The van der Waals surface area contributed by atoms with Gasteiger partial charge in [0, 0.05) is 11.4 Å². The summed E-state index contributed by atoms with van der Waals surface area (Å²) in [6.45, 7) is 1.85. The number of aliphatic imine (C=N–C) groups is 2. The fourth-order valence-corrected chi connectivity index (χ4v) is 2.22. The molecule has 0 atom stereocenters. The van der Waals surface area contributed by atoms with E-state index in [9.17, 15) is 0 Å². The lowest BCUT2D eigenvalue weighted by atomic mass is 10.2. The molecule has 108 valence electrons. The van der Waals surface area contributed by atoms with Crippen molar-refractivity contribution in [1.29, 1.82) is 5.26 Å². The van der Waals surface area contributed by atoms with Crippen molar-refractivity contribution in [1.82, 2.24) is 4.98 Å². The molecule has 0 bridgehead atoms. The minimum absolute atomic E-state index is 0.0581. The highest BCUT2D eigenvalue weighted by atomic mass is 32.1. The molecule has 0 aliphatic carbocycles. The van der Waals surface area contributed by atoms with E-state index >= 15 is 0 Å². The molecule has 2 rings (SSSR count). The molecule has 10 heteroatoms. The Bertz CT molecular complexity index is 747. The smallest absolute Gasteiger partial charge is 0.212 e. The van der Waals surface area contributed by atoms with Gasteiger partial charge in [0.05, 0.1) is 0 Å². The zero-order chi connectivity index (χ0) is 15.4. The van der Waals surface area contributed by atoms with Crippen molar-refractivity contribution in [3.8, 4) is 17.6 Å².